The molecule has 3 N–H and O–H groups in total. The first-order chi connectivity index (χ1) is 9.83. The van der Waals surface area contributed by atoms with Crippen LogP contribution in [0.1, 0.15) is 31.1 Å². The monoisotopic (exact) mass is 281 g/mol. The maximum absolute atomic E-state index is 8.70. The van der Waals surface area contributed by atoms with Crippen molar-refractivity contribution in [3.63, 3.8) is 0 Å². The molecule has 1 fully saturated rings. The molecule has 1 aromatic carbocycles. The SMILES string of the molecule is NCCCCC1COC(c2ccc(OCCO)cc2)O1. The molecule has 0 spiro atoms. The molecule has 2 rings (SSSR count). The van der Waals surface area contributed by atoms with E-state index >= 15 is 0 Å². The second kappa shape index (κ2) is 8.21. The Morgan fingerprint density at radius 2 is 2.05 bits per heavy atom. The van der Waals surface area contributed by atoms with E-state index in [1.54, 1.807) is 0 Å². The lowest BCUT2D eigenvalue weighted by molar-refractivity contribution is -0.0613. The first kappa shape index (κ1) is 15.3. The summed E-state index contributed by atoms with van der Waals surface area (Å²) in [6.45, 7) is 1.68. The number of rotatable bonds is 8. The molecule has 1 heterocycles. The van der Waals surface area contributed by atoms with Crippen molar-refractivity contribution in [3.05, 3.63) is 29.8 Å². The van der Waals surface area contributed by atoms with Crippen LogP contribution in [0.3, 0.4) is 0 Å². The summed E-state index contributed by atoms with van der Waals surface area (Å²) in [6.07, 6.45) is 2.97. The van der Waals surface area contributed by atoms with Crippen LogP contribution < -0.4 is 10.5 Å². The highest BCUT2D eigenvalue weighted by Crippen LogP contribution is 2.29. The minimum atomic E-state index is -0.287. The number of aliphatic hydroxyl groups is 1. The van der Waals surface area contributed by atoms with Crippen LogP contribution in [-0.4, -0.2) is 37.6 Å². The zero-order valence-corrected chi connectivity index (χ0v) is 11.7. The quantitative estimate of drug-likeness (QED) is 0.708. The summed E-state index contributed by atoms with van der Waals surface area (Å²) in [5.41, 5.74) is 6.47. The molecular formula is C15H23NO4. The highest BCUT2D eigenvalue weighted by atomic mass is 16.7. The standard InChI is InChI=1S/C15H23NO4/c16-8-2-1-3-14-11-19-15(20-14)12-4-6-13(7-5-12)18-10-9-17/h4-7,14-15,17H,1-3,8-11,16H2. The van der Waals surface area contributed by atoms with Crippen molar-refractivity contribution < 1.29 is 19.3 Å². The Hall–Kier alpha value is -1.14. The van der Waals surface area contributed by atoms with Gasteiger partial charge in [-0.1, -0.05) is 12.1 Å². The summed E-state index contributed by atoms with van der Waals surface area (Å²) in [4.78, 5) is 0. The highest BCUT2D eigenvalue weighted by Gasteiger charge is 2.26. The van der Waals surface area contributed by atoms with Crippen molar-refractivity contribution >= 4 is 0 Å². The van der Waals surface area contributed by atoms with Gasteiger partial charge in [-0.3, -0.25) is 0 Å². The summed E-state index contributed by atoms with van der Waals surface area (Å²) in [5.74, 6) is 0.736. The van der Waals surface area contributed by atoms with E-state index in [2.05, 4.69) is 0 Å². The van der Waals surface area contributed by atoms with Gasteiger partial charge in [0.2, 0.25) is 0 Å². The van der Waals surface area contributed by atoms with E-state index in [9.17, 15) is 0 Å². The van der Waals surface area contributed by atoms with Gasteiger partial charge in [-0.2, -0.15) is 0 Å². The first-order valence-electron chi connectivity index (χ1n) is 7.14. The van der Waals surface area contributed by atoms with Gasteiger partial charge in [0.05, 0.1) is 19.3 Å². The van der Waals surface area contributed by atoms with Crippen LogP contribution in [-0.2, 0) is 9.47 Å². The van der Waals surface area contributed by atoms with Gasteiger partial charge in [0.15, 0.2) is 6.29 Å². The number of ether oxygens (including phenoxy) is 3. The summed E-state index contributed by atoms with van der Waals surface area (Å²) in [6, 6.07) is 7.58. The van der Waals surface area contributed by atoms with Crippen LogP contribution in [0.15, 0.2) is 24.3 Å². The van der Waals surface area contributed by atoms with E-state index < -0.39 is 0 Å². The fraction of sp³-hybridized carbons (Fsp3) is 0.600. The zero-order valence-electron chi connectivity index (χ0n) is 11.7. The van der Waals surface area contributed by atoms with E-state index in [1.165, 1.54) is 0 Å². The molecule has 0 saturated carbocycles. The molecule has 2 atom stereocenters. The summed E-state index contributed by atoms with van der Waals surface area (Å²) >= 11 is 0. The van der Waals surface area contributed by atoms with Crippen LogP contribution in [0.5, 0.6) is 5.75 Å². The molecule has 0 aromatic heterocycles. The Bertz CT molecular complexity index is 382. The lowest BCUT2D eigenvalue weighted by Crippen LogP contribution is -2.10. The lowest BCUT2D eigenvalue weighted by atomic mass is 10.1. The Morgan fingerprint density at radius 1 is 1.25 bits per heavy atom. The van der Waals surface area contributed by atoms with Crippen LogP contribution >= 0.6 is 0 Å². The maximum atomic E-state index is 8.70. The average Bonchev–Trinajstić information content (AvgIpc) is 2.95. The fourth-order valence-electron chi connectivity index (χ4n) is 2.18. The zero-order chi connectivity index (χ0) is 14.2. The highest BCUT2D eigenvalue weighted by molar-refractivity contribution is 5.28. The van der Waals surface area contributed by atoms with Crippen molar-refractivity contribution in [2.24, 2.45) is 5.73 Å². The predicted molar refractivity (Wildman–Crippen MR) is 75.5 cm³/mol. The minimum absolute atomic E-state index is 0.0150. The number of nitrogens with two attached hydrogens (primary N) is 1. The summed E-state index contributed by atoms with van der Waals surface area (Å²) in [5, 5.41) is 8.70. The summed E-state index contributed by atoms with van der Waals surface area (Å²) < 4.78 is 16.9. The Morgan fingerprint density at radius 3 is 2.75 bits per heavy atom. The molecule has 1 saturated heterocycles. The van der Waals surface area contributed by atoms with E-state index in [-0.39, 0.29) is 19.0 Å². The molecule has 0 amide bonds. The molecule has 1 aliphatic rings. The van der Waals surface area contributed by atoms with Crippen molar-refractivity contribution in [1.29, 1.82) is 0 Å². The molecule has 2 unspecified atom stereocenters. The molecule has 112 valence electrons. The number of hydrogen-bond acceptors (Lipinski definition) is 5. The van der Waals surface area contributed by atoms with E-state index in [0.29, 0.717) is 13.2 Å². The van der Waals surface area contributed by atoms with Gasteiger partial charge in [-0.25, -0.2) is 0 Å². The second-order valence-electron chi connectivity index (χ2n) is 4.85. The molecule has 0 radical (unpaired) electrons. The van der Waals surface area contributed by atoms with Gasteiger partial charge in [-0.15, -0.1) is 0 Å². The largest absolute Gasteiger partial charge is 0.491 e. The number of aliphatic hydroxyl groups excluding tert-OH is 1. The van der Waals surface area contributed by atoms with Crippen molar-refractivity contribution in [2.45, 2.75) is 31.7 Å². The molecular weight excluding hydrogens is 258 g/mol. The van der Waals surface area contributed by atoms with Crippen molar-refractivity contribution in [3.8, 4) is 5.75 Å². The fourth-order valence-corrected chi connectivity index (χ4v) is 2.18. The second-order valence-corrected chi connectivity index (χ2v) is 4.85. The molecule has 0 bridgehead atoms. The van der Waals surface area contributed by atoms with E-state index in [1.807, 2.05) is 24.3 Å². The Kier molecular flexibility index (Phi) is 6.26. The smallest absolute Gasteiger partial charge is 0.184 e. The van der Waals surface area contributed by atoms with Gasteiger partial charge in [0.1, 0.15) is 12.4 Å². The molecule has 20 heavy (non-hydrogen) atoms. The van der Waals surface area contributed by atoms with Crippen LogP contribution in [0.25, 0.3) is 0 Å². The van der Waals surface area contributed by atoms with Crippen LogP contribution in [0, 0.1) is 0 Å². The third kappa shape index (κ3) is 4.45. The minimum Gasteiger partial charge on any atom is -0.491 e. The van der Waals surface area contributed by atoms with E-state index in [4.69, 9.17) is 25.1 Å². The first-order valence-corrected chi connectivity index (χ1v) is 7.14. The van der Waals surface area contributed by atoms with Crippen molar-refractivity contribution in [1.82, 2.24) is 0 Å². The normalized spacial score (nSPS) is 22.1. The van der Waals surface area contributed by atoms with E-state index in [0.717, 1.165) is 37.1 Å². The maximum Gasteiger partial charge on any atom is 0.184 e. The average molecular weight is 281 g/mol. The van der Waals surface area contributed by atoms with Crippen molar-refractivity contribution in [2.75, 3.05) is 26.4 Å². The Labute approximate surface area is 119 Å². The Balaban J connectivity index is 1.80. The van der Waals surface area contributed by atoms with Gasteiger partial charge >= 0.3 is 0 Å². The number of hydrogen-bond donors (Lipinski definition) is 2. The lowest BCUT2D eigenvalue weighted by Gasteiger charge is -2.12. The molecule has 5 heteroatoms. The third-order valence-electron chi connectivity index (χ3n) is 3.24. The van der Waals surface area contributed by atoms with Gasteiger partial charge < -0.3 is 25.1 Å². The van der Waals surface area contributed by atoms with Gasteiger partial charge in [-0.05, 0) is 37.9 Å². The third-order valence-corrected chi connectivity index (χ3v) is 3.24. The number of unbranched alkanes of at least 4 members (excludes halogenated alkanes) is 1. The molecule has 5 nitrogen and oxygen atoms in total. The molecule has 1 aliphatic heterocycles. The molecule has 1 aromatic rings. The van der Waals surface area contributed by atoms with Crippen LogP contribution in [0.2, 0.25) is 0 Å². The topological polar surface area (TPSA) is 73.9 Å². The van der Waals surface area contributed by atoms with Gasteiger partial charge in [0, 0.05) is 5.56 Å². The van der Waals surface area contributed by atoms with Gasteiger partial charge in [0.25, 0.3) is 0 Å². The summed E-state index contributed by atoms with van der Waals surface area (Å²) in [7, 11) is 0. The van der Waals surface area contributed by atoms with Crippen LogP contribution in [0.4, 0.5) is 0 Å². The number of benzene rings is 1. The molecule has 0 aliphatic carbocycles. The predicted octanol–water partition coefficient (Wildman–Crippen LogP) is 1.60.